The summed E-state index contributed by atoms with van der Waals surface area (Å²) in [4.78, 5) is 123. The second kappa shape index (κ2) is 28.2. The number of ether oxygens (including phenoxy) is 3. The summed E-state index contributed by atoms with van der Waals surface area (Å²) in [7, 11) is 0. The zero-order valence-electron chi connectivity index (χ0n) is 40.6. The molecule has 5 rings (SSSR count). The first-order valence-corrected chi connectivity index (χ1v) is 23.5. The standard InChI is InChI=1S/C50H58N10O14/c1-32(74-33(2)61)43(56-45(63)41(29-35-16-8-4-9-17-35)55-50(67)73-31-36-18-10-5-11-19-36)47(65)58-27-13-21-42(58)46(64)54-40(28-34-14-6-3-7-15-34)44(62)53-39(20-12-26-52-49(51)57-60(70)71)48(66)72-30-37-22-24-38(25-23-37)59(68)69/h3-11,14-19,22-25,32,39-43H,12-13,20-21,26-31H2,1-2H3,(H,53,62)(H,54,64)(H,55,67)(H,56,63)(H3,51,52,57)/t32-,39+,40+,41+,42+,43+/m1/s1. The maximum absolute atomic E-state index is 14.7. The van der Waals surface area contributed by atoms with Crippen LogP contribution in [0.2, 0.25) is 0 Å². The number of nitrogens with one attached hydrogen (secondary N) is 5. The third-order valence-electron chi connectivity index (χ3n) is 11.5. The average Bonchev–Trinajstić information content (AvgIpc) is 3.88. The second-order valence-corrected chi connectivity index (χ2v) is 17.1. The summed E-state index contributed by atoms with van der Waals surface area (Å²) in [5, 5.41) is 31.6. The Labute approximate surface area is 425 Å². The van der Waals surface area contributed by atoms with Crippen LogP contribution in [-0.4, -0.2) is 112 Å². The lowest BCUT2D eigenvalue weighted by Gasteiger charge is -2.32. The fourth-order valence-electron chi connectivity index (χ4n) is 7.85. The minimum Gasteiger partial charge on any atom is -0.460 e. The smallest absolute Gasteiger partial charge is 0.408 e. The predicted molar refractivity (Wildman–Crippen MR) is 264 cm³/mol. The molecule has 1 heterocycles. The number of likely N-dealkylation sites (tertiary alicyclic amines) is 1. The molecule has 1 aliphatic rings. The largest absolute Gasteiger partial charge is 0.460 e. The number of nitrogens with two attached hydrogens (primary N) is 1. The molecule has 1 saturated heterocycles. The van der Waals surface area contributed by atoms with Crippen LogP contribution in [0, 0.1) is 20.2 Å². The van der Waals surface area contributed by atoms with Crippen molar-refractivity contribution in [3.05, 3.63) is 158 Å². The van der Waals surface area contributed by atoms with Crippen LogP contribution >= 0.6 is 0 Å². The summed E-state index contributed by atoms with van der Waals surface area (Å²) >= 11 is 0. The molecule has 1 aliphatic heterocycles. The van der Waals surface area contributed by atoms with Crippen molar-refractivity contribution < 1.29 is 57.7 Å². The van der Waals surface area contributed by atoms with Crippen LogP contribution in [0.15, 0.2) is 120 Å². The van der Waals surface area contributed by atoms with Crippen LogP contribution in [0.3, 0.4) is 0 Å². The van der Waals surface area contributed by atoms with E-state index in [0.29, 0.717) is 28.7 Å². The van der Waals surface area contributed by atoms with E-state index in [-0.39, 0.29) is 64.1 Å². The molecule has 24 nitrogen and oxygen atoms in total. The van der Waals surface area contributed by atoms with Gasteiger partial charge in [0, 0.05) is 45.0 Å². The van der Waals surface area contributed by atoms with E-state index in [1.807, 2.05) is 0 Å². The summed E-state index contributed by atoms with van der Waals surface area (Å²) in [6.45, 7) is 1.99. The maximum Gasteiger partial charge on any atom is 0.408 e. The highest BCUT2D eigenvalue weighted by Crippen LogP contribution is 2.22. The number of carbonyl (C=O) groups excluding carboxylic acids is 7. The van der Waals surface area contributed by atoms with Gasteiger partial charge in [0.25, 0.3) is 11.6 Å². The predicted octanol–water partition coefficient (Wildman–Crippen LogP) is 2.69. The lowest BCUT2D eigenvalue weighted by atomic mass is 10.0. The molecule has 1 fully saturated rings. The van der Waals surface area contributed by atoms with Gasteiger partial charge >= 0.3 is 18.0 Å². The van der Waals surface area contributed by atoms with Crippen LogP contribution < -0.4 is 32.4 Å². The van der Waals surface area contributed by atoms with E-state index in [0.717, 1.165) is 6.92 Å². The molecular weight excluding hydrogens is 965 g/mol. The molecule has 0 spiro atoms. The third kappa shape index (κ3) is 18.0. The second-order valence-electron chi connectivity index (χ2n) is 17.1. The number of carbonyl (C=O) groups is 7. The van der Waals surface area contributed by atoms with Crippen molar-refractivity contribution in [1.29, 1.82) is 0 Å². The Hall–Kier alpha value is -8.96. The van der Waals surface area contributed by atoms with Crippen molar-refractivity contribution in [3.8, 4) is 0 Å². The van der Waals surface area contributed by atoms with Gasteiger partial charge in [-0.05, 0) is 67.0 Å². The molecule has 4 aromatic rings. The van der Waals surface area contributed by atoms with Gasteiger partial charge in [-0.15, -0.1) is 0 Å². The van der Waals surface area contributed by atoms with Crippen molar-refractivity contribution in [2.24, 2.45) is 10.7 Å². The number of hydrogen-bond donors (Lipinski definition) is 6. The van der Waals surface area contributed by atoms with Crippen molar-refractivity contribution in [2.75, 3.05) is 13.1 Å². The molecule has 0 aromatic heterocycles. The number of benzene rings is 4. The van der Waals surface area contributed by atoms with Gasteiger partial charge in [0.1, 0.15) is 49.5 Å². The molecule has 6 atom stereocenters. The highest BCUT2D eigenvalue weighted by atomic mass is 16.7. The first-order chi connectivity index (χ1) is 35.5. The number of hydrogen-bond acceptors (Lipinski definition) is 15. The number of amides is 5. The van der Waals surface area contributed by atoms with E-state index in [4.69, 9.17) is 19.9 Å². The van der Waals surface area contributed by atoms with Crippen LogP contribution in [0.5, 0.6) is 0 Å². The highest BCUT2D eigenvalue weighted by Gasteiger charge is 2.42. The number of esters is 2. The van der Waals surface area contributed by atoms with Gasteiger partial charge in [0.15, 0.2) is 5.03 Å². The number of rotatable bonds is 25. The number of nitrogens with zero attached hydrogens (tertiary/aromatic N) is 4. The number of aliphatic imine (C=N–C) groups is 1. The fraction of sp³-hybridized carbons (Fsp3) is 0.360. The summed E-state index contributed by atoms with van der Waals surface area (Å²) < 4.78 is 16.3. The van der Waals surface area contributed by atoms with E-state index in [1.54, 1.807) is 96.4 Å². The molecule has 5 amide bonds. The fourth-order valence-corrected chi connectivity index (χ4v) is 7.85. The lowest BCUT2D eigenvalue weighted by molar-refractivity contribution is -0.525. The van der Waals surface area contributed by atoms with Crippen molar-refractivity contribution in [1.82, 2.24) is 31.6 Å². The molecule has 0 bridgehead atoms. The molecule has 0 unspecified atom stereocenters. The van der Waals surface area contributed by atoms with Crippen LogP contribution in [-0.2, 0) is 69.0 Å². The summed E-state index contributed by atoms with van der Waals surface area (Å²) in [6.07, 6.45) is -1.95. The quantitative estimate of drug-likeness (QED) is 0.0106. The summed E-state index contributed by atoms with van der Waals surface area (Å²) in [5.41, 5.74) is 9.41. The van der Waals surface area contributed by atoms with Gasteiger partial charge in [-0.3, -0.25) is 34.1 Å². The summed E-state index contributed by atoms with van der Waals surface area (Å²) in [5.74, 6) is -5.41. The Bertz CT molecular complexity index is 2610. The molecule has 0 aliphatic carbocycles. The van der Waals surface area contributed by atoms with E-state index in [1.165, 1.54) is 36.1 Å². The van der Waals surface area contributed by atoms with Gasteiger partial charge in [-0.1, -0.05) is 96.4 Å². The normalized spacial score (nSPS) is 15.1. The topological polar surface area (TPSA) is 335 Å². The zero-order chi connectivity index (χ0) is 53.6. The minimum atomic E-state index is -1.57. The van der Waals surface area contributed by atoms with Gasteiger partial charge < -0.3 is 46.1 Å². The van der Waals surface area contributed by atoms with Gasteiger partial charge in [0.05, 0.1) is 4.92 Å². The number of alkyl carbamates (subject to hydrolysis) is 1. The lowest BCUT2D eigenvalue weighted by Crippen LogP contribution is -2.61. The Balaban J connectivity index is 1.35. The van der Waals surface area contributed by atoms with Crippen molar-refractivity contribution in [2.45, 2.75) is 102 Å². The van der Waals surface area contributed by atoms with E-state index < -0.39 is 93.9 Å². The number of guanidine groups is 1. The molecule has 392 valence electrons. The molecule has 24 heteroatoms. The van der Waals surface area contributed by atoms with Crippen molar-refractivity contribution >= 4 is 53.3 Å². The Morgan fingerprint density at radius 1 is 0.716 bits per heavy atom. The monoisotopic (exact) mass is 1020 g/mol. The molecule has 4 aromatic carbocycles. The van der Waals surface area contributed by atoms with E-state index in [2.05, 4.69) is 26.3 Å². The number of nitro benzene ring substituents is 1. The number of hydrazine groups is 1. The summed E-state index contributed by atoms with van der Waals surface area (Å²) in [6, 6.07) is 24.6. The van der Waals surface area contributed by atoms with Gasteiger partial charge in [-0.2, -0.15) is 0 Å². The Morgan fingerprint density at radius 3 is 1.82 bits per heavy atom. The molecule has 74 heavy (non-hydrogen) atoms. The number of non-ortho nitro benzene ring substituents is 1. The zero-order valence-corrected chi connectivity index (χ0v) is 40.6. The van der Waals surface area contributed by atoms with Gasteiger partial charge in [-0.25, -0.2) is 24.7 Å². The average molecular weight is 1020 g/mol. The third-order valence-corrected chi connectivity index (χ3v) is 11.5. The van der Waals surface area contributed by atoms with E-state index in [9.17, 15) is 53.8 Å². The highest BCUT2D eigenvalue weighted by molar-refractivity contribution is 5.97. The molecule has 7 N–H and O–H groups in total. The Morgan fingerprint density at radius 2 is 1.26 bits per heavy atom. The van der Waals surface area contributed by atoms with Crippen LogP contribution in [0.25, 0.3) is 0 Å². The van der Waals surface area contributed by atoms with Crippen molar-refractivity contribution in [3.63, 3.8) is 0 Å². The van der Waals surface area contributed by atoms with Crippen LogP contribution in [0.4, 0.5) is 10.5 Å². The first-order valence-electron chi connectivity index (χ1n) is 23.5. The molecule has 0 saturated carbocycles. The molecular formula is C50H58N10O14. The minimum absolute atomic E-state index is 0.0238. The SMILES string of the molecule is CC(=O)O[C@H](C)[C@H](NC(=O)[C@H](Cc1ccccc1)NC(=O)OCc1ccccc1)C(=O)N1CCC[C@H]1C(=O)N[C@@H](Cc1ccccc1)C(=O)N[C@@H](CCCN=C(N)N[N+](=O)[O-])C(=O)OCc1ccc([N+](=O)[O-])cc1. The first kappa shape index (κ1) is 56.0. The van der Waals surface area contributed by atoms with Crippen LogP contribution in [0.1, 0.15) is 61.8 Å². The number of nitro groups is 2. The Kier molecular flexibility index (Phi) is 21.3. The van der Waals surface area contributed by atoms with Gasteiger partial charge in [0.2, 0.25) is 23.6 Å². The molecule has 0 radical (unpaired) electrons. The maximum atomic E-state index is 14.7. The van der Waals surface area contributed by atoms with E-state index >= 15 is 0 Å².